The Balaban J connectivity index is 1.44. The molecule has 2 aliphatic carbocycles. The zero-order valence-electron chi connectivity index (χ0n) is 36.5. The maximum absolute atomic E-state index is 14.1. The molecule has 0 unspecified atom stereocenters. The molecule has 3 fully saturated rings. The molecule has 2 saturated carbocycles. The molecule has 1 aromatic rings. The van der Waals surface area contributed by atoms with Crippen molar-refractivity contribution in [3.8, 4) is 0 Å². The van der Waals surface area contributed by atoms with Crippen LogP contribution in [0.4, 0.5) is 9.59 Å². The zero-order valence-corrected chi connectivity index (χ0v) is 36.5. The first kappa shape index (κ1) is 48.4. The van der Waals surface area contributed by atoms with Crippen LogP contribution >= 0.6 is 0 Å². The topological polar surface area (TPSA) is 212 Å². The van der Waals surface area contributed by atoms with Gasteiger partial charge in [0.25, 0.3) is 0 Å². The van der Waals surface area contributed by atoms with Gasteiger partial charge in [-0.2, -0.15) is 0 Å². The summed E-state index contributed by atoms with van der Waals surface area (Å²) in [6.45, 7) is 7.67. The van der Waals surface area contributed by atoms with Crippen molar-refractivity contribution in [2.75, 3.05) is 40.4 Å². The number of ketones is 1. The number of fused-ring (bicyclic) bond motifs is 5. The maximum Gasteiger partial charge on any atom is 0.407 e. The Labute approximate surface area is 355 Å². The Morgan fingerprint density at radius 3 is 2.22 bits per heavy atom. The van der Waals surface area contributed by atoms with Gasteiger partial charge in [0.15, 0.2) is 5.78 Å². The number of rotatable bonds is 17. The fourth-order valence-corrected chi connectivity index (χ4v) is 8.87. The third-order valence-corrected chi connectivity index (χ3v) is 12.0. The molecule has 1 aromatic carbocycles. The summed E-state index contributed by atoms with van der Waals surface area (Å²) in [4.78, 5) is 78.8. The summed E-state index contributed by atoms with van der Waals surface area (Å²) in [6.07, 6.45) is 5.86. The van der Waals surface area contributed by atoms with E-state index in [0.29, 0.717) is 44.7 Å². The Kier molecular flexibility index (Phi) is 19.5. The van der Waals surface area contributed by atoms with Crippen molar-refractivity contribution in [2.45, 2.75) is 141 Å². The van der Waals surface area contributed by atoms with E-state index in [-0.39, 0.29) is 80.1 Å². The number of nitrogens with one attached hydrogen (secondary N) is 6. The molecule has 5 amide bonds. The lowest BCUT2D eigenvalue weighted by Crippen LogP contribution is -2.58. The normalized spacial score (nSPS) is 26.6. The maximum atomic E-state index is 14.1. The summed E-state index contributed by atoms with van der Waals surface area (Å²) in [6, 6.07) is 6.72. The highest BCUT2D eigenvalue weighted by Crippen LogP contribution is 2.45. The number of ether oxygens (including phenoxy) is 4. The number of hydrogen-bond donors (Lipinski definition) is 6. The molecule has 3 aliphatic rings. The van der Waals surface area contributed by atoms with Crippen molar-refractivity contribution in [3.05, 3.63) is 35.9 Å². The molecule has 336 valence electrons. The summed E-state index contributed by atoms with van der Waals surface area (Å²) in [5.74, 6) is -0.781. The molecule has 0 radical (unpaired) electrons. The number of unbranched alkanes of at least 4 members (excludes halogenated alkanes) is 1. The quantitative estimate of drug-likeness (QED) is 0.124. The molecule has 16 heteroatoms. The Morgan fingerprint density at radius 1 is 0.833 bits per heavy atom. The third kappa shape index (κ3) is 16.0. The van der Waals surface area contributed by atoms with Crippen LogP contribution in [0.15, 0.2) is 30.3 Å². The van der Waals surface area contributed by atoms with Crippen LogP contribution in [0.3, 0.4) is 0 Å². The van der Waals surface area contributed by atoms with E-state index >= 15 is 0 Å². The van der Waals surface area contributed by atoms with Crippen molar-refractivity contribution in [3.63, 3.8) is 0 Å². The number of hydrogen-bond acceptors (Lipinski definition) is 11. The second kappa shape index (κ2) is 24.2. The number of carbonyl (C=O) groups excluding carboxylic acids is 6. The Morgan fingerprint density at radius 2 is 1.52 bits per heavy atom. The van der Waals surface area contributed by atoms with Gasteiger partial charge >= 0.3 is 12.2 Å². The number of carbonyl (C=O) groups is 6. The van der Waals surface area contributed by atoms with E-state index in [1.807, 2.05) is 30.3 Å². The minimum atomic E-state index is -0.915. The number of Topliss-reactive ketones (excluding diaryl/α,β-unsaturated/α-hetero) is 1. The number of benzene rings is 1. The molecule has 1 saturated heterocycles. The smallest absolute Gasteiger partial charge is 0.407 e. The average Bonchev–Trinajstić information content (AvgIpc) is 3.21. The first-order valence-corrected chi connectivity index (χ1v) is 21.8. The molecule has 6 N–H and O–H groups in total. The van der Waals surface area contributed by atoms with Crippen LogP contribution < -0.4 is 31.9 Å². The predicted molar refractivity (Wildman–Crippen MR) is 225 cm³/mol. The predicted octanol–water partition coefficient (Wildman–Crippen LogP) is 3.90. The summed E-state index contributed by atoms with van der Waals surface area (Å²) in [5.41, 5.74) is 0.181. The van der Waals surface area contributed by atoms with Gasteiger partial charge in [0, 0.05) is 40.3 Å². The molecule has 60 heavy (non-hydrogen) atoms. The van der Waals surface area contributed by atoms with Crippen LogP contribution in [0.5, 0.6) is 0 Å². The van der Waals surface area contributed by atoms with Crippen LogP contribution in [-0.2, 0) is 44.7 Å². The summed E-state index contributed by atoms with van der Waals surface area (Å²) >= 11 is 0. The molecule has 0 spiro atoms. The Hall–Kier alpha value is -4.28. The van der Waals surface area contributed by atoms with Crippen molar-refractivity contribution >= 4 is 35.7 Å². The molecular formula is C44H70N6O10. The summed E-state index contributed by atoms with van der Waals surface area (Å²) in [7, 11) is 3.50. The molecule has 9 atom stereocenters. The second-order valence-corrected chi connectivity index (χ2v) is 17.5. The zero-order chi connectivity index (χ0) is 43.7. The Bertz CT molecular complexity index is 1560. The minimum Gasteiger partial charge on any atom is -0.445 e. The molecule has 0 aromatic heterocycles. The summed E-state index contributed by atoms with van der Waals surface area (Å²) < 4.78 is 22.6. The van der Waals surface area contributed by atoms with Crippen molar-refractivity contribution < 1.29 is 47.7 Å². The van der Waals surface area contributed by atoms with Gasteiger partial charge in [-0.1, -0.05) is 30.3 Å². The molecular weight excluding hydrogens is 773 g/mol. The van der Waals surface area contributed by atoms with Crippen LogP contribution in [-0.4, -0.2) is 112 Å². The van der Waals surface area contributed by atoms with Gasteiger partial charge in [0.1, 0.15) is 18.2 Å². The van der Waals surface area contributed by atoms with Crippen LogP contribution in [0.1, 0.15) is 104 Å². The van der Waals surface area contributed by atoms with Gasteiger partial charge in [-0.25, -0.2) is 9.59 Å². The lowest BCUT2D eigenvalue weighted by atomic mass is 9.64. The van der Waals surface area contributed by atoms with Gasteiger partial charge in [-0.05, 0) is 121 Å². The van der Waals surface area contributed by atoms with E-state index in [4.69, 9.17) is 18.9 Å². The van der Waals surface area contributed by atoms with E-state index in [1.165, 1.54) is 0 Å². The molecule has 1 aliphatic heterocycles. The van der Waals surface area contributed by atoms with Gasteiger partial charge in [0.05, 0.1) is 30.8 Å². The monoisotopic (exact) mass is 843 g/mol. The number of alkyl carbamates (subject to hydrolysis) is 2. The third-order valence-electron chi connectivity index (χ3n) is 12.0. The number of amides is 5. The summed E-state index contributed by atoms with van der Waals surface area (Å²) in [5, 5.41) is 17.3. The highest BCUT2D eigenvalue weighted by molar-refractivity contribution is 5.92. The SMILES string of the molecule is CO[C@H]1CC[C@@H]2CCNC(=O)[C@H](C)NC(=O)[C@@H](NCC(=O)[C@H](CCCCNC(=O)OC(C)(C)C)NC(=O)CCNC(=O)OCc3ccccc3)[C@H]3CC[C@H](OC)[C@@H](C3)[C@@H]1C2. The first-order valence-electron chi connectivity index (χ1n) is 21.8. The molecule has 4 rings (SSSR count). The van der Waals surface area contributed by atoms with Crippen LogP contribution in [0.2, 0.25) is 0 Å². The van der Waals surface area contributed by atoms with E-state index in [2.05, 4.69) is 31.9 Å². The highest BCUT2D eigenvalue weighted by atomic mass is 16.6. The van der Waals surface area contributed by atoms with Gasteiger partial charge in [0.2, 0.25) is 17.7 Å². The van der Waals surface area contributed by atoms with Crippen LogP contribution in [0.25, 0.3) is 0 Å². The van der Waals surface area contributed by atoms with E-state index in [0.717, 1.165) is 37.7 Å². The molecule has 16 nitrogen and oxygen atoms in total. The molecule has 1 heterocycles. The van der Waals surface area contributed by atoms with E-state index in [9.17, 15) is 28.8 Å². The minimum absolute atomic E-state index is 0.00383. The van der Waals surface area contributed by atoms with Gasteiger partial charge < -0.3 is 45.5 Å². The largest absolute Gasteiger partial charge is 0.445 e. The van der Waals surface area contributed by atoms with Gasteiger partial charge in [-0.3, -0.25) is 24.5 Å². The number of methoxy groups -OCH3 is 2. The molecule has 4 bridgehead atoms. The van der Waals surface area contributed by atoms with Crippen molar-refractivity contribution in [2.24, 2.45) is 23.7 Å². The fourth-order valence-electron chi connectivity index (χ4n) is 8.87. The van der Waals surface area contributed by atoms with Gasteiger partial charge in [-0.15, -0.1) is 0 Å². The van der Waals surface area contributed by atoms with Crippen molar-refractivity contribution in [1.82, 2.24) is 31.9 Å². The first-order chi connectivity index (χ1) is 28.7. The van der Waals surface area contributed by atoms with Crippen LogP contribution in [0, 0.1) is 23.7 Å². The second-order valence-electron chi connectivity index (χ2n) is 17.5. The van der Waals surface area contributed by atoms with Crippen molar-refractivity contribution in [1.29, 1.82) is 0 Å². The average molecular weight is 843 g/mol. The fraction of sp³-hybridized carbons (Fsp3) is 0.727. The lowest BCUT2D eigenvalue weighted by Gasteiger charge is -2.47. The van der Waals surface area contributed by atoms with E-state index in [1.54, 1.807) is 41.9 Å². The van der Waals surface area contributed by atoms with E-state index < -0.39 is 41.8 Å². The highest BCUT2D eigenvalue weighted by Gasteiger charge is 2.45. The standard InChI is InChI=1S/C44H70N6O10/c1-28-40(53)45-22-19-29-15-17-36(57-5)32(24-29)33-25-31(16-18-37(33)58-6)39(41(54)49-28)48-26-35(51)34(14-10-11-21-46-43(56)60-44(2,3)4)50-38(52)20-23-47-42(55)59-27-30-12-8-7-9-13-30/h7-9,12-13,28-29,31-34,36-37,39,48H,10-11,14-27H2,1-6H3,(H,45,53)(H,46,56)(H,47,55)(H,49,54)(H,50,52)/t28-,29+,31-,32-,33-,34-,36-,37-,39-/m0/s1. The lowest BCUT2D eigenvalue weighted by molar-refractivity contribution is -0.133.